The summed E-state index contributed by atoms with van der Waals surface area (Å²) in [6, 6.07) is 8.18. The number of aliphatic imine (C=N–C) groups is 1. The molecule has 0 bridgehead atoms. The van der Waals surface area contributed by atoms with Gasteiger partial charge in [-0.15, -0.1) is 0 Å². The number of nitrogens with one attached hydrogen (secondary N) is 1. The zero-order valence-corrected chi connectivity index (χ0v) is 16.3. The first kappa shape index (κ1) is 18.8. The van der Waals surface area contributed by atoms with E-state index in [0.717, 1.165) is 29.1 Å². The zero-order chi connectivity index (χ0) is 17.5. The van der Waals surface area contributed by atoms with Crippen molar-refractivity contribution in [1.29, 1.82) is 0 Å². The molecule has 2 rings (SSSR count). The van der Waals surface area contributed by atoms with E-state index in [0.29, 0.717) is 12.5 Å². The molecule has 1 aliphatic heterocycles. The van der Waals surface area contributed by atoms with Gasteiger partial charge in [-0.2, -0.15) is 0 Å². The van der Waals surface area contributed by atoms with Crippen LogP contribution in [0.15, 0.2) is 33.7 Å². The van der Waals surface area contributed by atoms with E-state index in [2.05, 4.69) is 45.2 Å². The fourth-order valence-corrected chi connectivity index (χ4v) is 2.98. The smallest absolute Gasteiger partial charge is 0.241 e. The maximum atomic E-state index is 11.9. The van der Waals surface area contributed by atoms with E-state index in [1.807, 2.05) is 12.1 Å². The highest BCUT2D eigenvalue weighted by molar-refractivity contribution is 9.10. The lowest BCUT2D eigenvalue weighted by molar-refractivity contribution is -0.127. The molecule has 24 heavy (non-hydrogen) atoms. The number of likely N-dealkylation sites (tertiary alicyclic amines) is 1. The maximum absolute atomic E-state index is 11.9. The van der Waals surface area contributed by atoms with Gasteiger partial charge in [0.1, 0.15) is 0 Å². The van der Waals surface area contributed by atoms with Crippen molar-refractivity contribution < 1.29 is 4.79 Å². The van der Waals surface area contributed by atoms with Crippen LogP contribution in [0, 0.1) is 5.92 Å². The van der Waals surface area contributed by atoms with Crippen LogP contribution in [-0.2, 0) is 11.3 Å². The predicted molar refractivity (Wildman–Crippen MR) is 102 cm³/mol. The van der Waals surface area contributed by atoms with Gasteiger partial charge in [0, 0.05) is 31.7 Å². The molecule has 1 aromatic rings. The normalized spacial score (nSPS) is 18.4. The number of benzene rings is 1. The van der Waals surface area contributed by atoms with E-state index < -0.39 is 0 Å². The molecule has 1 atom stereocenters. The molecule has 0 spiro atoms. The number of hydrogen-bond donors (Lipinski definition) is 1. The number of hydrogen-bond acceptors (Lipinski definition) is 2. The third-order valence-corrected chi connectivity index (χ3v) is 4.71. The maximum Gasteiger partial charge on any atom is 0.241 e. The van der Waals surface area contributed by atoms with Gasteiger partial charge in [-0.25, -0.2) is 4.99 Å². The molecule has 132 valence electrons. The minimum atomic E-state index is 0.0522. The summed E-state index contributed by atoms with van der Waals surface area (Å²) in [6.45, 7) is 5.13. The summed E-state index contributed by atoms with van der Waals surface area (Å²) in [5.41, 5.74) is 1.15. The Morgan fingerprint density at radius 2 is 2.08 bits per heavy atom. The quantitative estimate of drug-likeness (QED) is 0.630. The van der Waals surface area contributed by atoms with Crippen LogP contribution in [-0.4, -0.2) is 55.4 Å². The van der Waals surface area contributed by atoms with E-state index in [-0.39, 0.29) is 12.5 Å². The van der Waals surface area contributed by atoms with Gasteiger partial charge in [0.2, 0.25) is 5.91 Å². The molecule has 1 N–H and O–H groups in total. The van der Waals surface area contributed by atoms with Gasteiger partial charge in [-0.3, -0.25) is 4.79 Å². The number of halogens is 1. The number of carbonyl (C=O) groups excluding carboxylic acids is 1. The SMILES string of the molecule is CC1CCCN(C(=NCc2ccc(Br)cc2)NCC(=O)N(C)C)C1. The third kappa shape index (κ3) is 5.82. The van der Waals surface area contributed by atoms with Crippen LogP contribution in [0.1, 0.15) is 25.3 Å². The number of rotatable bonds is 4. The molecule has 1 saturated heterocycles. The highest BCUT2D eigenvalue weighted by Gasteiger charge is 2.20. The molecule has 1 aliphatic rings. The molecule has 1 aromatic carbocycles. The fraction of sp³-hybridized carbons (Fsp3) is 0.556. The Labute approximate surface area is 153 Å². The molecule has 0 radical (unpaired) electrons. The summed E-state index contributed by atoms with van der Waals surface area (Å²) in [6.07, 6.45) is 2.43. The Morgan fingerprint density at radius 1 is 1.38 bits per heavy atom. The van der Waals surface area contributed by atoms with Gasteiger partial charge in [-0.1, -0.05) is 35.0 Å². The number of nitrogens with zero attached hydrogens (tertiary/aromatic N) is 3. The summed E-state index contributed by atoms with van der Waals surface area (Å²) in [7, 11) is 3.54. The average Bonchev–Trinajstić information content (AvgIpc) is 2.56. The second kappa shape index (κ2) is 9.06. The fourth-order valence-electron chi connectivity index (χ4n) is 2.72. The first-order valence-electron chi connectivity index (χ1n) is 8.43. The summed E-state index contributed by atoms with van der Waals surface area (Å²) in [5, 5.41) is 3.25. The third-order valence-electron chi connectivity index (χ3n) is 4.18. The van der Waals surface area contributed by atoms with Crippen molar-refractivity contribution in [3.63, 3.8) is 0 Å². The lowest BCUT2D eigenvalue weighted by Gasteiger charge is -2.33. The van der Waals surface area contributed by atoms with Crippen molar-refractivity contribution >= 4 is 27.8 Å². The first-order chi connectivity index (χ1) is 11.5. The number of piperidine rings is 1. The summed E-state index contributed by atoms with van der Waals surface area (Å²) in [5.74, 6) is 1.54. The van der Waals surface area contributed by atoms with Gasteiger partial charge in [0.25, 0.3) is 0 Å². The molecule has 1 heterocycles. The van der Waals surface area contributed by atoms with Crippen LogP contribution in [0.25, 0.3) is 0 Å². The lowest BCUT2D eigenvalue weighted by Crippen LogP contribution is -2.48. The van der Waals surface area contributed by atoms with Gasteiger partial charge >= 0.3 is 0 Å². The first-order valence-corrected chi connectivity index (χ1v) is 9.23. The number of likely N-dealkylation sites (N-methyl/N-ethyl adjacent to an activating group) is 1. The Bertz CT molecular complexity index is 571. The van der Waals surface area contributed by atoms with Crippen LogP contribution >= 0.6 is 15.9 Å². The summed E-state index contributed by atoms with van der Waals surface area (Å²) in [4.78, 5) is 20.5. The van der Waals surface area contributed by atoms with Crippen molar-refractivity contribution in [1.82, 2.24) is 15.1 Å². The molecule has 0 saturated carbocycles. The monoisotopic (exact) mass is 394 g/mol. The molecular weight excluding hydrogens is 368 g/mol. The van der Waals surface area contributed by atoms with Crippen molar-refractivity contribution in [3.05, 3.63) is 34.3 Å². The second-order valence-corrected chi connectivity index (χ2v) is 7.52. The molecule has 1 fully saturated rings. The van der Waals surface area contributed by atoms with Crippen LogP contribution in [0.3, 0.4) is 0 Å². The van der Waals surface area contributed by atoms with Crippen LogP contribution in [0.4, 0.5) is 0 Å². The number of guanidine groups is 1. The summed E-state index contributed by atoms with van der Waals surface area (Å²) >= 11 is 3.45. The summed E-state index contributed by atoms with van der Waals surface area (Å²) < 4.78 is 1.06. The Morgan fingerprint density at radius 3 is 2.71 bits per heavy atom. The highest BCUT2D eigenvalue weighted by atomic mass is 79.9. The van der Waals surface area contributed by atoms with E-state index in [1.54, 1.807) is 19.0 Å². The van der Waals surface area contributed by atoms with E-state index in [9.17, 15) is 4.79 Å². The molecule has 6 heteroatoms. The van der Waals surface area contributed by atoms with Crippen LogP contribution in [0.2, 0.25) is 0 Å². The standard InChI is InChI=1S/C18H27BrN4O/c1-14-5-4-10-23(13-14)18(21-12-17(24)22(2)3)20-11-15-6-8-16(19)9-7-15/h6-9,14H,4-5,10-13H2,1-3H3,(H,20,21). The van der Waals surface area contributed by atoms with Gasteiger partial charge in [0.05, 0.1) is 13.1 Å². The van der Waals surface area contributed by atoms with Crippen molar-refractivity contribution in [3.8, 4) is 0 Å². The van der Waals surface area contributed by atoms with E-state index in [1.165, 1.54) is 12.8 Å². The minimum Gasteiger partial charge on any atom is -0.347 e. The molecule has 1 unspecified atom stereocenters. The number of carbonyl (C=O) groups is 1. The minimum absolute atomic E-state index is 0.0522. The van der Waals surface area contributed by atoms with Gasteiger partial charge in [0.15, 0.2) is 5.96 Å². The van der Waals surface area contributed by atoms with Crippen LogP contribution < -0.4 is 5.32 Å². The van der Waals surface area contributed by atoms with Crippen molar-refractivity contribution in [2.45, 2.75) is 26.3 Å². The Hall–Kier alpha value is -1.56. The Kier molecular flexibility index (Phi) is 7.09. The second-order valence-electron chi connectivity index (χ2n) is 6.60. The Balaban J connectivity index is 2.06. The molecule has 1 amide bonds. The van der Waals surface area contributed by atoms with Gasteiger partial charge in [-0.05, 0) is 36.5 Å². The van der Waals surface area contributed by atoms with Crippen molar-refractivity contribution in [2.75, 3.05) is 33.7 Å². The molecule has 0 aromatic heterocycles. The average molecular weight is 395 g/mol. The largest absolute Gasteiger partial charge is 0.347 e. The van der Waals surface area contributed by atoms with E-state index >= 15 is 0 Å². The topological polar surface area (TPSA) is 47.9 Å². The van der Waals surface area contributed by atoms with Crippen LogP contribution in [0.5, 0.6) is 0 Å². The van der Waals surface area contributed by atoms with E-state index in [4.69, 9.17) is 4.99 Å². The highest BCUT2D eigenvalue weighted by Crippen LogP contribution is 2.16. The predicted octanol–water partition coefficient (Wildman–Crippen LogP) is 2.71. The molecule has 5 nitrogen and oxygen atoms in total. The molecular formula is C18H27BrN4O. The lowest BCUT2D eigenvalue weighted by atomic mass is 10.0. The zero-order valence-electron chi connectivity index (χ0n) is 14.8. The molecule has 0 aliphatic carbocycles. The van der Waals surface area contributed by atoms with Crippen molar-refractivity contribution in [2.24, 2.45) is 10.9 Å². The van der Waals surface area contributed by atoms with Gasteiger partial charge < -0.3 is 15.1 Å². The number of amides is 1.